The molecule has 2 nitrogen and oxygen atoms in total. The highest BCUT2D eigenvalue weighted by Crippen LogP contribution is 2.37. The molecule has 3 heteroatoms. The van der Waals surface area contributed by atoms with Gasteiger partial charge in [0.05, 0.1) is 5.02 Å². The summed E-state index contributed by atoms with van der Waals surface area (Å²) in [6.45, 7) is 1.11. The van der Waals surface area contributed by atoms with Gasteiger partial charge in [-0.15, -0.1) is 0 Å². The van der Waals surface area contributed by atoms with E-state index in [4.69, 9.17) is 11.6 Å². The summed E-state index contributed by atoms with van der Waals surface area (Å²) in [4.78, 5) is 0. The van der Waals surface area contributed by atoms with Crippen molar-refractivity contribution in [3.8, 4) is 5.75 Å². The van der Waals surface area contributed by atoms with Crippen molar-refractivity contribution in [3.63, 3.8) is 0 Å². The van der Waals surface area contributed by atoms with Crippen LogP contribution in [0.1, 0.15) is 48.8 Å². The number of hydrogen-bond donors (Lipinski definition) is 2. The van der Waals surface area contributed by atoms with E-state index in [2.05, 4.69) is 5.32 Å². The first-order valence-corrected chi connectivity index (χ1v) is 7.89. The first kappa shape index (κ1) is 13.3. The van der Waals surface area contributed by atoms with Crippen LogP contribution < -0.4 is 5.32 Å². The van der Waals surface area contributed by atoms with Crippen LogP contribution in [0, 0.1) is 0 Å². The molecule has 1 aliphatic heterocycles. The van der Waals surface area contributed by atoms with Gasteiger partial charge in [-0.1, -0.05) is 18.0 Å². The number of phenols is 1. The average Bonchev–Trinajstić information content (AvgIpc) is 2.80. The minimum Gasteiger partial charge on any atom is -0.506 e. The van der Waals surface area contributed by atoms with Gasteiger partial charge >= 0.3 is 0 Å². The Morgan fingerprint density at radius 3 is 2.84 bits per heavy atom. The van der Waals surface area contributed by atoms with Gasteiger partial charge in [0.15, 0.2) is 0 Å². The maximum atomic E-state index is 10.3. The SMILES string of the molecule is Oc1c(Cl)cc2c(c1CC1CCCN1)CCCCC2. The van der Waals surface area contributed by atoms with Crippen LogP contribution in [0.5, 0.6) is 5.75 Å². The van der Waals surface area contributed by atoms with Crippen molar-refractivity contribution in [2.45, 2.75) is 57.4 Å². The van der Waals surface area contributed by atoms with Crippen molar-refractivity contribution < 1.29 is 5.11 Å². The molecule has 19 heavy (non-hydrogen) atoms. The van der Waals surface area contributed by atoms with E-state index in [0.29, 0.717) is 16.8 Å². The van der Waals surface area contributed by atoms with Gasteiger partial charge in [-0.3, -0.25) is 0 Å². The molecule has 1 aromatic rings. The normalized spacial score (nSPS) is 23.1. The highest BCUT2D eigenvalue weighted by molar-refractivity contribution is 6.32. The van der Waals surface area contributed by atoms with Gasteiger partial charge in [0.1, 0.15) is 5.75 Å². The van der Waals surface area contributed by atoms with E-state index in [1.165, 1.54) is 43.2 Å². The Morgan fingerprint density at radius 2 is 2.05 bits per heavy atom. The highest BCUT2D eigenvalue weighted by atomic mass is 35.5. The summed E-state index contributed by atoms with van der Waals surface area (Å²) in [5.74, 6) is 0.330. The van der Waals surface area contributed by atoms with Crippen molar-refractivity contribution in [3.05, 3.63) is 27.8 Å². The number of rotatable bonds is 2. The smallest absolute Gasteiger partial charge is 0.137 e. The van der Waals surface area contributed by atoms with Gasteiger partial charge in [0.25, 0.3) is 0 Å². The zero-order valence-corrected chi connectivity index (χ0v) is 12.1. The van der Waals surface area contributed by atoms with E-state index < -0.39 is 0 Å². The van der Waals surface area contributed by atoms with Crippen molar-refractivity contribution in [1.82, 2.24) is 5.32 Å². The molecule has 0 radical (unpaired) electrons. The lowest BCUT2D eigenvalue weighted by Gasteiger charge is -2.19. The summed E-state index contributed by atoms with van der Waals surface area (Å²) in [5, 5.41) is 14.4. The third-order valence-electron chi connectivity index (χ3n) is 4.55. The van der Waals surface area contributed by atoms with Gasteiger partial charge in [-0.2, -0.15) is 0 Å². The Bertz CT molecular complexity index is 466. The van der Waals surface area contributed by atoms with Crippen LogP contribution in [0.2, 0.25) is 5.02 Å². The molecule has 0 aromatic heterocycles. The minimum atomic E-state index is 0.330. The predicted octanol–water partition coefficient (Wildman–Crippen LogP) is 3.61. The van der Waals surface area contributed by atoms with Crippen molar-refractivity contribution in [2.24, 2.45) is 0 Å². The van der Waals surface area contributed by atoms with Crippen LogP contribution in [-0.2, 0) is 19.3 Å². The maximum absolute atomic E-state index is 10.3. The Kier molecular flexibility index (Phi) is 3.99. The number of phenolic OH excluding ortho intramolecular Hbond substituents is 1. The standard InChI is InChI=1S/C16H22ClNO/c17-15-9-11-5-2-1-3-7-13(11)14(16(15)19)10-12-6-4-8-18-12/h9,12,18-19H,1-8,10H2. The van der Waals surface area contributed by atoms with Crippen LogP contribution in [-0.4, -0.2) is 17.7 Å². The Hall–Kier alpha value is -0.730. The number of benzene rings is 1. The largest absolute Gasteiger partial charge is 0.506 e. The zero-order valence-electron chi connectivity index (χ0n) is 11.3. The first-order chi connectivity index (χ1) is 9.25. The minimum absolute atomic E-state index is 0.330. The van der Waals surface area contributed by atoms with Gasteiger partial charge in [-0.05, 0) is 68.7 Å². The first-order valence-electron chi connectivity index (χ1n) is 7.51. The number of nitrogens with one attached hydrogen (secondary N) is 1. The van der Waals surface area contributed by atoms with E-state index in [1.807, 2.05) is 6.07 Å². The topological polar surface area (TPSA) is 32.3 Å². The van der Waals surface area contributed by atoms with Crippen LogP contribution in [0.3, 0.4) is 0 Å². The van der Waals surface area contributed by atoms with E-state index in [-0.39, 0.29) is 0 Å². The van der Waals surface area contributed by atoms with Crippen LogP contribution in [0.25, 0.3) is 0 Å². The van der Waals surface area contributed by atoms with Crippen molar-refractivity contribution >= 4 is 11.6 Å². The van der Waals surface area contributed by atoms with Gasteiger partial charge in [0.2, 0.25) is 0 Å². The summed E-state index contributed by atoms with van der Waals surface area (Å²) in [6.07, 6.45) is 9.36. The van der Waals surface area contributed by atoms with E-state index in [1.54, 1.807) is 0 Å². The molecule has 0 spiro atoms. The second-order valence-corrected chi connectivity index (χ2v) is 6.29. The molecule has 0 saturated carbocycles. The van der Waals surface area contributed by atoms with Crippen molar-refractivity contribution in [1.29, 1.82) is 0 Å². The molecule has 1 heterocycles. The van der Waals surface area contributed by atoms with E-state index in [0.717, 1.165) is 31.4 Å². The molecule has 0 amide bonds. The molecule has 1 aromatic carbocycles. The lowest BCUT2D eigenvalue weighted by molar-refractivity contribution is 0.460. The number of hydrogen-bond acceptors (Lipinski definition) is 2. The van der Waals surface area contributed by atoms with E-state index in [9.17, 15) is 5.11 Å². The number of aromatic hydroxyl groups is 1. The average molecular weight is 280 g/mol. The fourth-order valence-electron chi connectivity index (χ4n) is 3.52. The maximum Gasteiger partial charge on any atom is 0.137 e. The van der Waals surface area contributed by atoms with E-state index >= 15 is 0 Å². The molecule has 3 rings (SSSR count). The number of fused-ring (bicyclic) bond motifs is 1. The second-order valence-electron chi connectivity index (χ2n) is 5.88. The van der Waals surface area contributed by atoms with Gasteiger partial charge < -0.3 is 10.4 Å². The third kappa shape index (κ3) is 2.75. The van der Waals surface area contributed by atoms with Gasteiger partial charge in [-0.25, -0.2) is 0 Å². The molecular weight excluding hydrogens is 258 g/mol. The Balaban J connectivity index is 1.97. The molecule has 1 atom stereocenters. The molecule has 2 N–H and O–H groups in total. The quantitative estimate of drug-likeness (QED) is 0.811. The molecular formula is C16H22ClNO. The summed E-state index contributed by atoms with van der Waals surface area (Å²) in [5.41, 5.74) is 3.87. The summed E-state index contributed by atoms with van der Waals surface area (Å²) < 4.78 is 0. The number of aryl methyl sites for hydroxylation is 1. The lowest BCUT2D eigenvalue weighted by Crippen LogP contribution is -2.24. The summed E-state index contributed by atoms with van der Waals surface area (Å²) >= 11 is 6.22. The van der Waals surface area contributed by atoms with Gasteiger partial charge in [0, 0.05) is 11.6 Å². The Labute approximate surface area is 120 Å². The van der Waals surface area contributed by atoms with Crippen LogP contribution in [0.15, 0.2) is 6.07 Å². The fourth-order valence-corrected chi connectivity index (χ4v) is 3.76. The fraction of sp³-hybridized carbons (Fsp3) is 0.625. The van der Waals surface area contributed by atoms with Crippen LogP contribution in [0.4, 0.5) is 0 Å². The third-order valence-corrected chi connectivity index (χ3v) is 4.84. The molecule has 1 fully saturated rings. The molecule has 104 valence electrons. The molecule has 0 bridgehead atoms. The monoisotopic (exact) mass is 279 g/mol. The molecule has 1 aliphatic carbocycles. The second kappa shape index (κ2) is 5.72. The molecule has 1 unspecified atom stereocenters. The lowest BCUT2D eigenvalue weighted by atomic mass is 9.91. The molecule has 2 aliphatic rings. The summed E-state index contributed by atoms with van der Waals surface area (Å²) in [7, 11) is 0. The van der Waals surface area contributed by atoms with Crippen molar-refractivity contribution in [2.75, 3.05) is 6.54 Å². The van der Waals surface area contributed by atoms with Crippen LogP contribution >= 0.6 is 11.6 Å². The number of halogens is 1. The highest BCUT2D eigenvalue weighted by Gasteiger charge is 2.22. The summed E-state index contributed by atoms with van der Waals surface area (Å²) in [6, 6.07) is 2.50. The zero-order chi connectivity index (χ0) is 13.2. The molecule has 1 saturated heterocycles. The Morgan fingerprint density at radius 1 is 1.21 bits per heavy atom. The predicted molar refractivity (Wildman–Crippen MR) is 79.1 cm³/mol.